The molecule has 0 spiro atoms. The maximum absolute atomic E-state index is 11.7. The minimum absolute atomic E-state index is 0.0988. The van der Waals surface area contributed by atoms with E-state index in [-0.39, 0.29) is 18.9 Å². The normalized spacial score (nSPS) is 10.1. The molecule has 0 fully saturated rings. The summed E-state index contributed by atoms with van der Waals surface area (Å²) in [6.45, 7) is 0.743. The standard InChI is InChI=1S/C14H17N3O3/c1-17(8-2-3-14(19)20)10-13(18)16-12-6-4-11(9-15)5-7-12/h4-7H,2-3,8,10H2,1H3,(H,16,18)(H,19,20). The summed E-state index contributed by atoms with van der Waals surface area (Å²) in [6.07, 6.45) is 0.609. The number of aliphatic carboxylic acids is 1. The zero-order valence-corrected chi connectivity index (χ0v) is 11.3. The van der Waals surface area contributed by atoms with E-state index in [1.54, 1.807) is 36.2 Å². The van der Waals surface area contributed by atoms with Crippen LogP contribution >= 0.6 is 0 Å². The Balaban J connectivity index is 2.35. The second-order valence-electron chi connectivity index (χ2n) is 4.47. The summed E-state index contributed by atoms with van der Waals surface area (Å²) in [6, 6.07) is 8.60. The highest BCUT2D eigenvalue weighted by molar-refractivity contribution is 5.92. The molecule has 0 heterocycles. The molecule has 1 amide bonds. The van der Waals surface area contributed by atoms with Crippen molar-refractivity contribution >= 4 is 17.6 Å². The molecule has 0 atom stereocenters. The van der Waals surface area contributed by atoms with Gasteiger partial charge in [0.2, 0.25) is 5.91 Å². The monoisotopic (exact) mass is 275 g/mol. The van der Waals surface area contributed by atoms with E-state index < -0.39 is 5.97 Å². The van der Waals surface area contributed by atoms with Crippen LogP contribution in [0.4, 0.5) is 5.69 Å². The maximum Gasteiger partial charge on any atom is 0.303 e. The molecular formula is C14H17N3O3. The minimum Gasteiger partial charge on any atom is -0.481 e. The molecule has 1 aromatic rings. The van der Waals surface area contributed by atoms with Gasteiger partial charge in [-0.15, -0.1) is 0 Å². The van der Waals surface area contributed by atoms with Crippen molar-refractivity contribution in [1.29, 1.82) is 5.26 Å². The van der Waals surface area contributed by atoms with Crippen LogP contribution in [0.25, 0.3) is 0 Å². The molecule has 2 N–H and O–H groups in total. The van der Waals surface area contributed by atoms with Crippen molar-refractivity contribution < 1.29 is 14.7 Å². The molecule has 0 bridgehead atoms. The Hall–Kier alpha value is -2.39. The van der Waals surface area contributed by atoms with Gasteiger partial charge in [0.15, 0.2) is 0 Å². The Bertz CT molecular complexity index is 505. The second-order valence-corrected chi connectivity index (χ2v) is 4.47. The van der Waals surface area contributed by atoms with Gasteiger partial charge < -0.3 is 10.4 Å². The number of likely N-dealkylation sites (N-methyl/N-ethyl adjacent to an activating group) is 1. The Morgan fingerprint density at radius 3 is 2.55 bits per heavy atom. The van der Waals surface area contributed by atoms with Gasteiger partial charge in [0, 0.05) is 12.1 Å². The largest absolute Gasteiger partial charge is 0.481 e. The van der Waals surface area contributed by atoms with Crippen molar-refractivity contribution in [2.75, 3.05) is 25.5 Å². The summed E-state index contributed by atoms with van der Waals surface area (Å²) >= 11 is 0. The van der Waals surface area contributed by atoms with Gasteiger partial charge in [-0.1, -0.05) is 0 Å². The van der Waals surface area contributed by atoms with Gasteiger partial charge in [-0.3, -0.25) is 14.5 Å². The van der Waals surface area contributed by atoms with E-state index in [2.05, 4.69) is 5.32 Å². The number of hydrogen-bond donors (Lipinski definition) is 2. The lowest BCUT2D eigenvalue weighted by molar-refractivity contribution is -0.137. The third-order valence-electron chi connectivity index (χ3n) is 2.64. The molecule has 0 aliphatic heterocycles. The number of carbonyl (C=O) groups excluding carboxylic acids is 1. The van der Waals surface area contributed by atoms with E-state index in [9.17, 15) is 9.59 Å². The molecule has 1 aromatic carbocycles. The molecule has 106 valence electrons. The first-order valence-electron chi connectivity index (χ1n) is 6.21. The third kappa shape index (κ3) is 5.98. The van der Waals surface area contributed by atoms with Crippen LogP contribution in [0.2, 0.25) is 0 Å². The molecule has 6 nitrogen and oxygen atoms in total. The molecule has 0 radical (unpaired) electrons. The van der Waals surface area contributed by atoms with Crippen molar-refractivity contribution in [2.24, 2.45) is 0 Å². The van der Waals surface area contributed by atoms with Gasteiger partial charge in [-0.25, -0.2) is 0 Å². The smallest absolute Gasteiger partial charge is 0.303 e. The number of carboxylic acid groups (broad SMARTS) is 1. The first kappa shape index (κ1) is 15.7. The van der Waals surface area contributed by atoms with Crippen LogP contribution in [0.3, 0.4) is 0 Å². The third-order valence-corrected chi connectivity index (χ3v) is 2.64. The van der Waals surface area contributed by atoms with Gasteiger partial charge in [0.05, 0.1) is 18.2 Å². The lowest BCUT2D eigenvalue weighted by Crippen LogP contribution is -2.31. The average molecular weight is 275 g/mol. The van der Waals surface area contributed by atoms with Crippen LogP contribution in [0.1, 0.15) is 18.4 Å². The van der Waals surface area contributed by atoms with Gasteiger partial charge in [-0.2, -0.15) is 5.26 Å². The Labute approximate surface area is 117 Å². The molecule has 0 saturated carbocycles. The van der Waals surface area contributed by atoms with Crippen LogP contribution in [0.5, 0.6) is 0 Å². The van der Waals surface area contributed by atoms with Crippen molar-refractivity contribution in [1.82, 2.24) is 4.90 Å². The van der Waals surface area contributed by atoms with Crippen molar-refractivity contribution in [3.05, 3.63) is 29.8 Å². The van der Waals surface area contributed by atoms with Gasteiger partial charge >= 0.3 is 5.97 Å². The van der Waals surface area contributed by atoms with E-state index in [0.29, 0.717) is 24.2 Å². The van der Waals surface area contributed by atoms with Gasteiger partial charge in [0.25, 0.3) is 0 Å². The van der Waals surface area contributed by atoms with E-state index in [0.717, 1.165) is 0 Å². The number of benzene rings is 1. The molecule has 0 saturated heterocycles. The summed E-state index contributed by atoms with van der Waals surface area (Å²) in [7, 11) is 1.76. The quantitative estimate of drug-likeness (QED) is 0.782. The number of amides is 1. The lowest BCUT2D eigenvalue weighted by Gasteiger charge is -2.15. The summed E-state index contributed by atoms with van der Waals surface area (Å²) < 4.78 is 0. The van der Waals surface area contributed by atoms with Crippen LogP contribution in [-0.2, 0) is 9.59 Å². The summed E-state index contributed by atoms with van der Waals surface area (Å²) in [4.78, 5) is 23.9. The number of rotatable bonds is 7. The van der Waals surface area contributed by atoms with Crippen LogP contribution in [-0.4, -0.2) is 42.0 Å². The highest BCUT2D eigenvalue weighted by Crippen LogP contribution is 2.08. The number of carbonyl (C=O) groups is 2. The predicted octanol–water partition coefficient (Wildman–Crippen LogP) is 1.29. The Kier molecular flexibility index (Phi) is 6.20. The molecule has 0 aliphatic carbocycles. The number of nitrogens with one attached hydrogen (secondary N) is 1. The lowest BCUT2D eigenvalue weighted by atomic mass is 10.2. The Morgan fingerprint density at radius 1 is 1.35 bits per heavy atom. The number of nitriles is 1. The van der Waals surface area contributed by atoms with E-state index in [1.165, 1.54) is 0 Å². The van der Waals surface area contributed by atoms with Crippen molar-refractivity contribution in [3.63, 3.8) is 0 Å². The van der Waals surface area contributed by atoms with Crippen LogP contribution in [0, 0.1) is 11.3 Å². The van der Waals surface area contributed by atoms with Crippen LogP contribution < -0.4 is 5.32 Å². The van der Waals surface area contributed by atoms with E-state index in [4.69, 9.17) is 10.4 Å². The molecule has 0 aromatic heterocycles. The zero-order chi connectivity index (χ0) is 15.0. The first-order chi connectivity index (χ1) is 9.51. The summed E-state index contributed by atoms with van der Waals surface area (Å²) in [5.74, 6) is -1.01. The van der Waals surface area contributed by atoms with Crippen LogP contribution in [0.15, 0.2) is 24.3 Å². The predicted molar refractivity (Wildman–Crippen MR) is 74.2 cm³/mol. The first-order valence-corrected chi connectivity index (χ1v) is 6.21. The highest BCUT2D eigenvalue weighted by atomic mass is 16.4. The number of carboxylic acids is 1. The maximum atomic E-state index is 11.7. The molecular weight excluding hydrogens is 258 g/mol. The Morgan fingerprint density at radius 2 is 2.00 bits per heavy atom. The topological polar surface area (TPSA) is 93.4 Å². The SMILES string of the molecule is CN(CCCC(=O)O)CC(=O)Nc1ccc(C#N)cc1. The zero-order valence-electron chi connectivity index (χ0n) is 11.3. The highest BCUT2D eigenvalue weighted by Gasteiger charge is 2.07. The second kappa shape index (κ2) is 7.92. The summed E-state index contributed by atoms with van der Waals surface area (Å²) in [5.41, 5.74) is 1.17. The fraction of sp³-hybridized carbons (Fsp3) is 0.357. The fourth-order valence-corrected chi connectivity index (χ4v) is 1.65. The van der Waals surface area contributed by atoms with Gasteiger partial charge in [-0.05, 0) is 44.3 Å². The summed E-state index contributed by atoms with van der Waals surface area (Å²) in [5, 5.41) is 19.9. The molecule has 20 heavy (non-hydrogen) atoms. The van der Waals surface area contributed by atoms with Crippen molar-refractivity contribution in [2.45, 2.75) is 12.8 Å². The average Bonchev–Trinajstić information content (AvgIpc) is 2.38. The fourth-order valence-electron chi connectivity index (χ4n) is 1.65. The van der Waals surface area contributed by atoms with Gasteiger partial charge in [0.1, 0.15) is 0 Å². The molecule has 6 heteroatoms. The minimum atomic E-state index is -0.833. The number of nitrogens with zero attached hydrogens (tertiary/aromatic N) is 2. The molecule has 0 aliphatic rings. The molecule has 0 unspecified atom stereocenters. The molecule has 1 rings (SSSR count). The number of hydrogen-bond acceptors (Lipinski definition) is 4. The van der Waals surface area contributed by atoms with Crippen molar-refractivity contribution in [3.8, 4) is 6.07 Å². The number of anilines is 1. The van der Waals surface area contributed by atoms with E-state index >= 15 is 0 Å². The van der Waals surface area contributed by atoms with E-state index in [1.807, 2.05) is 6.07 Å².